The van der Waals surface area contributed by atoms with Crippen molar-refractivity contribution >= 4 is 12.2 Å². The van der Waals surface area contributed by atoms with Crippen molar-refractivity contribution in [2.75, 3.05) is 0 Å². The van der Waals surface area contributed by atoms with Crippen LogP contribution in [0, 0.1) is 4.77 Å². The van der Waals surface area contributed by atoms with E-state index >= 15 is 0 Å². The maximum absolute atomic E-state index is 12.9. The largest absolute Gasteiger partial charge is 0.493 e. The molecule has 0 saturated carbocycles. The monoisotopic (exact) mass is 324 g/mol. The van der Waals surface area contributed by atoms with Crippen LogP contribution >= 0.6 is 12.2 Å². The lowest BCUT2D eigenvalue weighted by molar-refractivity contribution is -0.137. The number of rotatable bonds is 1. The Balaban J connectivity index is 1.91. The molecule has 2 unspecified atom stereocenters. The highest BCUT2D eigenvalue weighted by Crippen LogP contribution is 2.48. The summed E-state index contributed by atoms with van der Waals surface area (Å²) in [5.41, 5.74) is 0.146. The van der Waals surface area contributed by atoms with Gasteiger partial charge in [0.1, 0.15) is 0 Å². The molecule has 2 aliphatic rings. The standard InChI is InChI=1S/C15H11F3N2OS/c16-15(17,18)9-2-1-3-10(7-9)20-13(21)12-8-4-5-11(6-8)19(12)14(20)22/h1-5,7-8,11,21H,6H2. The van der Waals surface area contributed by atoms with E-state index in [0.29, 0.717) is 10.5 Å². The highest BCUT2D eigenvalue weighted by Gasteiger charge is 2.38. The number of halogens is 3. The number of alkyl halides is 3. The van der Waals surface area contributed by atoms with Crippen LogP contribution in [0.1, 0.15) is 29.6 Å². The van der Waals surface area contributed by atoms with E-state index in [9.17, 15) is 18.3 Å². The van der Waals surface area contributed by atoms with Crippen molar-refractivity contribution in [2.45, 2.75) is 24.6 Å². The SMILES string of the molecule is Oc1c2n(c(=S)n1-c1cccc(C(F)(F)F)c1)C1C=CC2C1. The smallest absolute Gasteiger partial charge is 0.416 e. The molecule has 0 fully saturated rings. The average Bonchev–Trinajstić information content (AvgIpc) is 3.12. The van der Waals surface area contributed by atoms with E-state index < -0.39 is 11.7 Å². The minimum atomic E-state index is -4.43. The Kier molecular flexibility index (Phi) is 2.64. The maximum Gasteiger partial charge on any atom is 0.416 e. The maximum atomic E-state index is 12.9. The lowest BCUT2D eigenvalue weighted by Crippen LogP contribution is -2.07. The minimum absolute atomic E-state index is 0.0684. The fraction of sp³-hybridized carbons (Fsp3) is 0.267. The van der Waals surface area contributed by atoms with Crippen LogP contribution < -0.4 is 0 Å². The average molecular weight is 324 g/mol. The third kappa shape index (κ3) is 1.71. The zero-order chi connectivity index (χ0) is 15.6. The number of aromatic hydroxyl groups is 1. The second-order valence-corrected chi connectivity index (χ2v) is 5.90. The Hall–Kier alpha value is -2.02. The molecule has 1 N–H and O–H groups in total. The Labute approximate surface area is 128 Å². The van der Waals surface area contributed by atoms with Gasteiger partial charge in [0.05, 0.1) is 23.0 Å². The molecule has 2 bridgehead atoms. The van der Waals surface area contributed by atoms with Crippen molar-refractivity contribution in [1.29, 1.82) is 0 Å². The van der Waals surface area contributed by atoms with Gasteiger partial charge in [0, 0.05) is 5.92 Å². The highest BCUT2D eigenvalue weighted by atomic mass is 32.1. The molecule has 0 amide bonds. The molecule has 0 radical (unpaired) electrons. The molecule has 7 heteroatoms. The van der Waals surface area contributed by atoms with E-state index in [1.807, 2.05) is 16.7 Å². The van der Waals surface area contributed by atoms with Gasteiger partial charge in [0.15, 0.2) is 4.77 Å². The fourth-order valence-electron chi connectivity index (χ4n) is 3.32. The van der Waals surface area contributed by atoms with Crippen LogP contribution in [-0.2, 0) is 6.18 Å². The predicted molar refractivity (Wildman–Crippen MR) is 76.8 cm³/mol. The zero-order valence-corrected chi connectivity index (χ0v) is 12.0. The molecule has 1 aromatic carbocycles. The molecule has 2 heterocycles. The normalized spacial score (nSPS) is 22.3. The van der Waals surface area contributed by atoms with Crippen LogP contribution in [0.4, 0.5) is 13.2 Å². The Bertz CT molecular complexity index is 863. The van der Waals surface area contributed by atoms with Gasteiger partial charge in [-0.15, -0.1) is 0 Å². The van der Waals surface area contributed by atoms with Crippen molar-refractivity contribution in [2.24, 2.45) is 0 Å². The molecule has 0 spiro atoms. The van der Waals surface area contributed by atoms with Gasteiger partial charge in [0.25, 0.3) is 0 Å². The van der Waals surface area contributed by atoms with Gasteiger partial charge in [-0.1, -0.05) is 18.2 Å². The van der Waals surface area contributed by atoms with Gasteiger partial charge in [-0.25, -0.2) is 0 Å². The number of hydrogen-bond acceptors (Lipinski definition) is 2. The van der Waals surface area contributed by atoms with Gasteiger partial charge in [-0.2, -0.15) is 13.2 Å². The van der Waals surface area contributed by atoms with Crippen LogP contribution in [0.2, 0.25) is 0 Å². The number of nitrogens with zero attached hydrogens (tertiary/aromatic N) is 2. The second-order valence-electron chi connectivity index (χ2n) is 5.54. The van der Waals surface area contributed by atoms with Crippen molar-refractivity contribution in [3.8, 4) is 11.6 Å². The van der Waals surface area contributed by atoms with Gasteiger partial charge < -0.3 is 9.67 Å². The third-order valence-electron chi connectivity index (χ3n) is 4.27. The number of imidazole rings is 1. The molecule has 22 heavy (non-hydrogen) atoms. The molecule has 0 saturated heterocycles. The van der Waals surface area contributed by atoms with Crippen molar-refractivity contribution in [3.63, 3.8) is 0 Å². The van der Waals surface area contributed by atoms with Gasteiger partial charge >= 0.3 is 6.18 Å². The summed E-state index contributed by atoms with van der Waals surface area (Å²) in [6.07, 6.45) is 0.446. The summed E-state index contributed by atoms with van der Waals surface area (Å²) < 4.78 is 42.1. The summed E-state index contributed by atoms with van der Waals surface area (Å²) in [7, 11) is 0. The zero-order valence-electron chi connectivity index (χ0n) is 11.2. The van der Waals surface area contributed by atoms with Crippen LogP contribution in [0.5, 0.6) is 5.88 Å². The number of fused-ring (bicyclic) bond motifs is 5. The van der Waals surface area contributed by atoms with Crippen LogP contribution in [0.3, 0.4) is 0 Å². The third-order valence-corrected chi connectivity index (χ3v) is 4.65. The molecule has 2 aromatic rings. The summed E-state index contributed by atoms with van der Waals surface area (Å²) in [6, 6.07) is 4.91. The molecule has 1 aromatic heterocycles. The molecular formula is C15H11F3N2OS. The summed E-state index contributed by atoms with van der Waals surface area (Å²) >= 11 is 5.37. The summed E-state index contributed by atoms with van der Waals surface area (Å²) in [5, 5.41) is 10.5. The van der Waals surface area contributed by atoms with Gasteiger partial charge in [-0.3, -0.25) is 4.57 Å². The summed E-state index contributed by atoms with van der Waals surface area (Å²) in [4.78, 5) is 0. The number of allylic oxidation sites excluding steroid dienone is 2. The number of benzene rings is 1. The first-order valence-electron chi connectivity index (χ1n) is 6.80. The van der Waals surface area contributed by atoms with Crippen molar-refractivity contribution in [3.05, 3.63) is 52.4 Å². The topological polar surface area (TPSA) is 30.1 Å². The lowest BCUT2D eigenvalue weighted by atomic mass is 10.1. The minimum Gasteiger partial charge on any atom is -0.493 e. The first-order chi connectivity index (χ1) is 10.4. The van der Waals surface area contributed by atoms with Crippen LogP contribution in [0.25, 0.3) is 5.69 Å². The van der Waals surface area contributed by atoms with E-state index in [4.69, 9.17) is 12.2 Å². The van der Waals surface area contributed by atoms with E-state index in [0.717, 1.165) is 18.6 Å². The Morgan fingerprint density at radius 2 is 2.00 bits per heavy atom. The van der Waals surface area contributed by atoms with Gasteiger partial charge in [0.2, 0.25) is 5.88 Å². The molecular weight excluding hydrogens is 313 g/mol. The van der Waals surface area contributed by atoms with Crippen molar-refractivity contribution in [1.82, 2.24) is 9.13 Å². The van der Waals surface area contributed by atoms with Crippen LogP contribution in [-0.4, -0.2) is 14.2 Å². The fourth-order valence-corrected chi connectivity index (χ4v) is 3.74. The predicted octanol–water partition coefficient (Wildman–Crippen LogP) is 4.33. The molecule has 3 nitrogen and oxygen atoms in total. The first-order valence-corrected chi connectivity index (χ1v) is 7.21. The van der Waals surface area contributed by atoms with E-state index in [1.54, 1.807) is 0 Å². The number of hydrogen-bond donors (Lipinski definition) is 1. The van der Waals surface area contributed by atoms with E-state index in [-0.39, 0.29) is 23.5 Å². The van der Waals surface area contributed by atoms with Gasteiger partial charge in [-0.05, 0) is 36.8 Å². The van der Waals surface area contributed by atoms with Crippen LogP contribution in [0.15, 0.2) is 36.4 Å². The van der Waals surface area contributed by atoms with E-state index in [2.05, 4.69) is 0 Å². The summed E-state index contributed by atoms with van der Waals surface area (Å²) in [5.74, 6) is 0.0138. The Morgan fingerprint density at radius 1 is 1.23 bits per heavy atom. The quantitative estimate of drug-likeness (QED) is 0.625. The summed E-state index contributed by atoms with van der Waals surface area (Å²) in [6.45, 7) is 0. The first kappa shape index (κ1) is 13.6. The highest BCUT2D eigenvalue weighted by molar-refractivity contribution is 7.71. The molecule has 1 aliphatic heterocycles. The molecule has 2 atom stereocenters. The second kappa shape index (κ2) is 4.25. The number of aromatic nitrogens is 2. The molecule has 1 aliphatic carbocycles. The molecule has 4 rings (SSSR count). The van der Waals surface area contributed by atoms with E-state index in [1.165, 1.54) is 16.7 Å². The Morgan fingerprint density at radius 3 is 2.68 bits per heavy atom. The lowest BCUT2D eigenvalue weighted by Gasteiger charge is -2.11. The molecule has 114 valence electrons. The van der Waals surface area contributed by atoms with Crippen molar-refractivity contribution < 1.29 is 18.3 Å².